The molecule has 0 aliphatic rings. The van der Waals surface area contributed by atoms with Crippen molar-refractivity contribution < 1.29 is 37.3 Å². The first-order chi connectivity index (χ1) is 14.1. The molecule has 0 spiro atoms. The average Bonchev–Trinajstić information content (AvgIpc) is 2.67. The van der Waals surface area contributed by atoms with Gasteiger partial charge in [0.25, 0.3) is 0 Å². The smallest absolute Gasteiger partial charge is 0.335 e. The maximum absolute atomic E-state index is 14.0. The molecule has 0 unspecified atom stereocenters. The molecule has 162 valence electrons. The zero-order valence-electron chi connectivity index (χ0n) is 16.6. The van der Waals surface area contributed by atoms with Crippen molar-refractivity contribution in [3.8, 4) is 11.5 Å². The third kappa shape index (κ3) is 5.35. The number of aromatic carboxylic acids is 1. The number of carboxylic acids is 1. The third-order valence-corrected chi connectivity index (χ3v) is 6.28. The summed E-state index contributed by atoms with van der Waals surface area (Å²) in [5, 5.41) is 19.2. The molecule has 2 aromatic rings. The molecular weight excluding hydrogens is 415 g/mol. The summed E-state index contributed by atoms with van der Waals surface area (Å²) in [7, 11) is -3.98. The van der Waals surface area contributed by atoms with E-state index in [4.69, 9.17) is 9.84 Å². The van der Waals surface area contributed by atoms with Gasteiger partial charge in [-0.2, -0.15) is 0 Å². The van der Waals surface area contributed by atoms with Gasteiger partial charge in [-0.1, -0.05) is 13.3 Å². The Bertz CT molecular complexity index is 1060. The number of ether oxygens (including phenoxy) is 1. The van der Waals surface area contributed by atoms with Crippen LogP contribution in [-0.4, -0.2) is 42.7 Å². The molecule has 0 fully saturated rings. The summed E-state index contributed by atoms with van der Waals surface area (Å²) >= 11 is 0. The molecule has 0 saturated heterocycles. The van der Waals surface area contributed by atoms with Gasteiger partial charge in [0.15, 0.2) is 15.6 Å². The van der Waals surface area contributed by atoms with Gasteiger partial charge in [-0.05, 0) is 50.1 Å². The van der Waals surface area contributed by atoms with Crippen LogP contribution in [0.15, 0.2) is 35.2 Å². The number of rotatable bonds is 10. The Balaban J connectivity index is 2.08. The molecule has 9 heteroatoms. The van der Waals surface area contributed by atoms with Gasteiger partial charge < -0.3 is 14.9 Å². The number of carbonyl (C=O) groups is 2. The van der Waals surface area contributed by atoms with Crippen LogP contribution in [-0.2, 0) is 16.3 Å². The lowest BCUT2D eigenvalue weighted by Gasteiger charge is -2.14. The number of benzene rings is 2. The molecule has 2 N–H and O–H groups in total. The zero-order valence-corrected chi connectivity index (χ0v) is 17.5. The highest BCUT2D eigenvalue weighted by Crippen LogP contribution is 2.33. The average molecular weight is 438 g/mol. The van der Waals surface area contributed by atoms with Crippen molar-refractivity contribution in [3.05, 3.63) is 52.8 Å². The van der Waals surface area contributed by atoms with Gasteiger partial charge in [-0.15, -0.1) is 0 Å². The van der Waals surface area contributed by atoms with Crippen LogP contribution in [0.3, 0.4) is 0 Å². The molecule has 30 heavy (non-hydrogen) atoms. The fraction of sp³-hybridized carbons (Fsp3) is 0.333. The first-order valence-corrected chi connectivity index (χ1v) is 11.0. The fourth-order valence-corrected chi connectivity index (χ4v) is 4.31. The van der Waals surface area contributed by atoms with Crippen molar-refractivity contribution in [2.24, 2.45) is 0 Å². The Kier molecular flexibility index (Phi) is 7.55. The summed E-state index contributed by atoms with van der Waals surface area (Å²) in [6.07, 6.45) is 1.22. The molecule has 2 rings (SSSR count). The highest BCUT2D eigenvalue weighted by Gasteiger charge is 2.21. The molecule has 7 nitrogen and oxygen atoms in total. The predicted octanol–water partition coefficient (Wildman–Crippen LogP) is 3.63. The quantitative estimate of drug-likeness (QED) is 0.430. The number of phenolic OH excluding ortho intramolecular Hbond substituents is 1. The Labute approximate surface area is 174 Å². The number of sulfone groups is 1. The fourth-order valence-electron chi connectivity index (χ4n) is 2.96. The molecule has 0 bridgehead atoms. The summed E-state index contributed by atoms with van der Waals surface area (Å²) in [5.74, 6) is -2.95. The van der Waals surface area contributed by atoms with Crippen LogP contribution < -0.4 is 4.74 Å². The third-order valence-electron chi connectivity index (χ3n) is 4.45. The second-order valence-corrected chi connectivity index (χ2v) is 8.79. The van der Waals surface area contributed by atoms with E-state index in [1.807, 2.05) is 6.92 Å². The SMILES string of the molecule is CCCc1c(OCCCS(=O)(=O)c2ccc(C(=O)O)cc2F)ccc(C(C)=O)c1O. The number of Topliss-reactive ketones (excluding diaryl/α,β-unsaturated/α-hetero) is 1. The molecule has 0 amide bonds. The lowest BCUT2D eigenvalue weighted by Crippen LogP contribution is -2.13. The van der Waals surface area contributed by atoms with E-state index in [0.29, 0.717) is 30.2 Å². The Morgan fingerprint density at radius 3 is 2.43 bits per heavy atom. The van der Waals surface area contributed by atoms with Crippen LogP contribution in [0.5, 0.6) is 11.5 Å². The van der Waals surface area contributed by atoms with E-state index in [1.54, 1.807) is 6.07 Å². The number of carboxylic acid groups (broad SMARTS) is 1. The molecule has 0 aliphatic carbocycles. The lowest BCUT2D eigenvalue weighted by molar-refractivity contribution is 0.0696. The normalized spacial score (nSPS) is 11.3. The number of carbonyl (C=O) groups excluding carboxylic acids is 1. The predicted molar refractivity (Wildman–Crippen MR) is 108 cm³/mol. The summed E-state index contributed by atoms with van der Waals surface area (Å²) in [5.41, 5.74) is 0.323. The Morgan fingerprint density at radius 1 is 1.17 bits per heavy atom. The topological polar surface area (TPSA) is 118 Å². The van der Waals surface area contributed by atoms with Crippen LogP contribution in [0, 0.1) is 5.82 Å². The van der Waals surface area contributed by atoms with Gasteiger partial charge in [0.1, 0.15) is 22.2 Å². The number of aromatic hydroxyl groups is 1. The van der Waals surface area contributed by atoms with Crippen LogP contribution in [0.1, 0.15) is 53.0 Å². The molecule has 0 saturated carbocycles. The van der Waals surface area contributed by atoms with Crippen molar-refractivity contribution in [1.29, 1.82) is 0 Å². The number of hydrogen-bond donors (Lipinski definition) is 2. The minimum atomic E-state index is -3.98. The molecule has 0 aliphatic heterocycles. The first-order valence-electron chi connectivity index (χ1n) is 9.32. The lowest BCUT2D eigenvalue weighted by atomic mass is 10.0. The van der Waals surface area contributed by atoms with Crippen molar-refractivity contribution in [3.63, 3.8) is 0 Å². The van der Waals surface area contributed by atoms with Crippen LogP contribution in [0.25, 0.3) is 0 Å². The second-order valence-electron chi connectivity index (χ2n) is 6.72. The summed E-state index contributed by atoms with van der Waals surface area (Å²) < 4.78 is 44.4. The minimum Gasteiger partial charge on any atom is -0.507 e. The van der Waals surface area contributed by atoms with Crippen molar-refractivity contribution in [2.75, 3.05) is 12.4 Å². The number of phenols is 1. The van der Waals surface area contributed by atoms with E-state index in [9.17, 15) is 27.5 Å². The van der Waals surface area contributed by atoms with Crippen LogP contribution in [0.2, 0.25) is 0 Å². The molecule has 2 aromatic carbocycles. The highest BCUT2D eigenvalue weighted by molar-refractivity contribution is 7.91. The maximum Gasteiger partial charge on any atom is 0.335 e. The van der Waals surface area contributed by atoms with Crippen molar-refractivity contribution >= 4 is 21.6 Å². The maximum atomic E-state index is 14.0. The van der Waals surface area contributed by atoms with Gasteiger partial charge in [-0.25, -0.2) is 17.6 Å². The molecule has 0 atom stereocenters. The van der Waals surface area contributed by atoms with Crippen LogP contribution >= 0.6 is 0 Å². The van der Waals surface area contributed by atoms with Crippen LogP contribution in [0.4, 0.5) is 4.39 Å². The van der Waals surface area contributed by atoms with Gasteiger partial charge in [0.05, 0.1) is 23.5 Å². The second kappa shape index (κ2) is 9.71. The van der Waals surface area contributed by atoms with Gasteiger partial charge in [0.2, 0.25) is 0 Å². The standard InChI is InChI=1S/C21H23FO7S/c1-3-5-16-18(8-7-15(13(2)23)20(16)24)29-10-4-11-30(27,28)19-9-6-14(21(25)26)12-17(19)22/h6-9,12,24H,3-5,10-11H2,1-2H3,(H,25,26). The monoisotopic (exact) mass is 438 g/mol. The summed E-state index contributed by atoms with van der Waals surface area (Å²) in [6, 6.07) is 5.64. The summed E-state index contributed by atoms with van der Waals surface area (Å²) in [4.78, 5) is 21.9. The van der Waals surface area contributed by atoms with E-state index >= 15 is 0 Å². The summed E-state index contributed by atoms with van der Waals surface area (Å²) in [6.45, 7) is 3.24. The van der Waals surface area contributed by atoms with E-state index in [2.05, 4.69) is 0 Å². The van der Waals surface area contributed by atoms with Crippen molar-refractivity contribution in [1.82, 2.24) is 0 Å². The number of halogens is 1. The number of hydrogen-bond acceptors (Lipinski definition) is 6. The molecule has 0 aromatic heterocycles. The van der Waals surface area contributed by atoms with Gasteiger partial charge >= 0.3 is 5.97 Å². The highest BCUT2D eigenvalue weighted by atomic mass is 32.2. The number of ketones is 1. The zero-order chi connectivity index (χ0) is 22.5. The van der Waals surface area contributed by atoms with Gasteiger partial charge in [0, 0.05) is 5.56 Å². The first kappa shape index (κ1) is 23.3. The molecule has 0 heterocycles. The van der Waals surface area contributed by atoms with Crippen molar-refractivity contribution in [2.45, 2.75) is 38.0 Å². The van der Waals surface area contributed by atoms with Gasteiger partial charge in [-0.3, -0.25) is 4.79 Å². The molecule has 0 radical (unpaired) electrons. The van der Waals surface area contributed by atoms with E-state index in [-0.39, 0.29) is 35.7 Å². The van der Waals surface area contributed by atoms with E-state index in [0.717, 1.165) is 12.1 Å². The Hall–Kier alpha value is -2.94. The van der Waals surface area contributed by atoms with E-state index < -0.39 is 32.3 Å². The van der Waals surface area contributed by atoms with E-state index in [1.165, 1.54) is 13.0 Å². The minimum absolute atomic E-state index is 0.0103. The largest absolute Gasteiger partial charge is 0.507 e. The Morgan fingerprint density at radius 2 is 1.87 bits per heavy atom. The molecular formula is C21H23FO7S.